The molecule has 1 heterocycles. The Balaban J connectivity index is 2.52. The van der Waals surface area contributed by atoms with Gasteiger partial charge in [0.1, 0.15) is 5.76 Å². The molecule has 0 bridgehead atoms. The van der Waals surface area contributed by atoms with Crippen molar-refractivity contribution >= 4 is 11.8 Å². The molecule has 1 N–H and O–H groups in total. The molecule has 0 aliphatic rings. The number of aryl methyl sites for hydroxylation is 1. The lowest BCUT2D eigenvalue weighted by Crippen LogP contribution is -2.29. The van der Waals surface area contributed by atoms with Gasteiger partial charge in [0.15, 0.2) is 0 Å². The van der Waals surface area contributed by atoms with E-state index in [-0.39, 0.29) is 0 Å². The van der Waals surface area contributed by atoms with Gasteiger partial charge in [-0.05, 0) is 25.8 Å². The Kier molecular flexibility index (Phi) is 4.08. The lowest BCUT2D eigenvalue weighted by atomic mass is 10.0. The lowest BCUT2D eigenvalue weighted by molar-refractivity contribution is 0.0572. The molecular formula is C11H18O2S. The Bertz CT molecular complexity index is 277. The van der Waals surface area contributed by atoms with Crippen LogP contribution in [0.1, 0.15) is 32.4 Å². The Morgan fingerprint density at radius 2 is 2.07 bits per heavy atom. The minimum atomic E-state index is -0.533. The largest absolute Gasteiger partial charge is 0.468 e. The molecule has 2 nitrogen and oxygen atoms in total. The molecule has 14 heavy (non-hydrogen) atoms. The molecule has 0 saturated heterocycles. The summed E-state index contributed by atoms with van der Waals surface area (Å²) in [6.45, 7) is 5.98. The van der Waals surface area contributed by atoms with Crippen molar-refractivity contribution < 1.29 is 9.52 Å². The first-order chi connectivity index (χ1) is 6.61. The van der Waals surface area contributed by atoms with Crippen molar-refractivity contribution in [3.63, 3.8) is 0 Å². The van der Waals surface area contributed by atoms with Gasteiger partial charge in [-0.25, -0.2) is 0 Å². The highest BCUT2D eigenvalue weighted by molar-refractivity contribution is 7.99. The van der Waals surface area contributed by atoms with E-state index in [1.165, 1.54) is 0 Å². The average Bonchev–Trinajstić information content (AvgIpc) is 2.61. The molecule has 3 heteroatoms. The van der Waals surface area contributed by atoms with Gasteiger partial charge in [0.25, 0.3) is 0 Å². The fourth-order valence-corrected chi connectivity index (χ4v) is 2.42. The SMILES string of the molecule is CCC(O)(CC)CSc1ccoc1C. The molecule has 1 rings (SSSR count). The summed E-state index contributed by atoms with van der Waals surface area (Å²) >= 11 is 1.67. The van der Waals surface area contributed by atoms with Crippen LogP contribution < -0.4 is 0 Å². The van der Waals surface area contributed by atoms with Crippen LogP contribution in [0.5, 0.6) is 0 Å². The highest BCUT2D eigenvalue weighted by Gasteiger charge is 2.22. The smallest absolute Gasteiger partial charge is 0.114 e. The van der Waals surface area contributed by atoms with Gasteiger partial charge in [0.05, 0.1) is 11.9 Å². The molecule has 80 valence electrons. The standard InChI is InChI=1S/C11H18O2S/c1-4-11(12,5-2)8-14-10-6-7-13-9(10)3/h6-7,12H,4-5,8H2,1-3H3. The van der Waals surface area contributed by atoms with Crippen molar-refractivity contribution in [3.05, 3.63) is 18.1 Å². The molecule has 1 aromatic rings. The summed E-state index contributed by atoms with van der Waals surface area (Å²) in [7, 11) is 0. The maximum atomic E-state index is 10.1. The monoisotopic (exact) mass is 214 g/mol. The van der Waals surface area contributed by atoms with E-state index in [9.17, 15) is 5.11 Å². The molecule has 0 aromatic carbocycles. The van der Waals surface area contributed by atoms with Crippen molar-refractivity contribution in [2.45, 2.75) is 44.1 Å². The van der Waals surface area contributed by atoms with Gasteiger partial charge in [-0.2, -0.15) is 0 Å². The third-order valence-electron chi connectivity index (χ3n) is 2.62. The first kappa shape index (κ1) is 11.7. The summed E-state index contributed by atoms with van der Waals surface area (Å²) in [4.78, 5) is 1.13. The second-order valence-electron chi connectivity index (χ2n) is 3.56. The van der Waals surface area contributed by atoms with Crippen molar-refractivity contribution in [3.8, 4) is 0 Å². The average molecular weight is 214 g/mol. The molecule has 1 aromatic heterocycles. The number of furan rings is 1. The molecule has 0 saturated carbocycles. The van der Waals surface area contributed by atoms with Crippen LogP contribution in [0.25, 0.3) is 0 Å². The van der Waals surface area contributed by atoms with Crippen LogP contribution in [0.15, 0.2) is 21.6 Å². The number of aliphatic hydroxyl groups is 1. The van der Waals surface area contributed by atoms with Crippen molar-refractivity contribution in [1.29, 1.82) is 0 Å². The lowest BCUT2D eigenvalue weighted by Gasteiger charge is -2.24. The van der Waals surface area contributed by atoms with E-state index in [1.807, 2.05) is 26.8 Å². The molecule has 0 aliphatic heterocycles. The van der Waals surface area contributed by atoms with Gasteiger partial charge in [-0.3, -0.25) is 0 Å². The molecule has 0 aliphatic carbocycles. The van der Waals surface area contributed by atoms with Gasteiger partial charge in [-0.1, -0.05) is 13.8 Å². The molecule has 0 atom stereocenters. The van der Waals surface area contributed by atoms with Crippen LogP contribution >= 0.6 is 11.8 Å². The first-order valence-electron chi connectivity index (χ1n) is 5.00. The number of thioether (sulfide) groups is 1. The summed E-state index contributed by atoms with van der Waals surface area (Å²) in [6, 6.07) is 1.95. The summed E-state index contributed by atoms with van der Waals surface area (Å²) in [5.41, 5.74) is -0.533. The Labute approximate surface area is 89.7 Å². The predicted molar refractivity (Wildman–Crippen MR) is 59.7 cm³/mol. The van der Waals surface area contributed by atoms with Crippen LogP contribution in [0.4, 0.5) is 0 Å². The quantitative estimate of drug-likeness (QED) is 0.764. The van der Waals surface area contributed by atoms with Crippen LogP contribution in [0, 0.1) is 6.92 Å². The van der Waals surface area contributed by atoms with E-state index < -0.39 is 5.60 Å². The van der Waals surface area contributed by atoms with Gasteiger partial charge in [0, 0.05) is 10.6 Å². The minimum absolute atomic E-state index is 0.533. The number of hydrogen-bond donors (Lipinski definition) is 1. The summed E-state index contributed by atoms with van der Waals surface area (Å²) < 4.78 is 5.19. The van der Waals surface area contributed by atoms with E-state index in [0.717, 1.165) is 29.3 Å². The molecule has 0 unspecified atom stereocenters. The number of rotatable bonds is 5. The Hall–Kier alpha value is -0.410. The number of hydrogen-bond acceptors (Lipinski definition) is 3. The Morgan fingerprint density at radius 1 is 1.43 bits per heavy atom. The molecule has 0 amide bonds. The molecule has 0 spiro atoms. The third-order valence-corrected chi connectivity index (χ3v) is 4.04. The zero-order valence-corrected chi connectivity index (χ0v) is 9.86. The second-order valence-corrected chi connectivity index (χ2v) is 4.58. The second kappa shape index (κ2) is 4.89. The predicted octanol–water partition coefficient (Wildman–Crippen LogP) is 3.23. The van der Waals surface area contributed by atoms with E-state index in [2.05, 4.69) is 0 Å². The molecular weight excluding hydrogens is 196 g/mol. The van der Waals surface area contributed by atoms with Crippen LogP contribution in [-0.4, -0.2) is 16.5 Å². The van der Waals surface area contributed by atoms with E-state index in [1.54, 1.807) is 18.0 Å². The zero-order valence-electron chi connectivity index (χ0n) is 9.04. The van der Waals surface area contributed by atoms with E-state index in [0.29, 0.717) is 0 Å². The van der Waals surface area contributed by atoms with Gasteiger partial charge >= 0.3 is 0 Å². The van der Waals surface area contributed by atoms with E-state index in [4.69, 9.17) is 4.42 Å². The zero-order chi connectivity index (χ0) is 10.6. The summed E-state index contributed by atoms with van der Waals surface area (Å²) in [5, 5.41) is 10.1. The summed E-state index contributed by atoms with van der Waals surface area (Å²) in [5.74, 6) is 1.67. The highest BCUT2D eigenvalue weighted by Crippen LogP contribution is 2.29. The molecule has 0 fully saturated rings. The third kappa shape index (κ3) is 2.79. The van der Waals surface area contributed by atoms with Crippen molar-refractivity contribution in [1.82, 2.24) is 0 Å². The molecule has 0 radical (unpaired) electrons. The minimum Gasteiger partial charge on any atom is -0.468 e. The van der Waals surface area contributed by atoms with Gasteiger partial charge < -0.3 is 9.52 Å². The van der Waals surface area contributed by atoms with Crippen LogP contribution in [0.3, 0.4) is 0 Å². The van der Waals surface area contributed by atoms with Crippen molar-refractivity contribution in [2.24, 2.45) is 0 Å². The van der Waals surface area contributed by atoms with E-state index >= 15 is 0 Å². The normalized spacial score (nSPS) is 12.0. The van der Waals surface area contributed by atoms with Crippen molar-refractivity contribution in [2.75, 3.05) is 5.75 Å². The van der Waals surface area contributed by atoms with Crippen LogP contribution in [-0.2, 0) is 0 Å². The first-order valence-corrected chi connectivity index (χ1v) is 5.99. The topological polar surface area (TPSA) is 33.4 Å². The highest BCUT2D eigenvalue weighted by atomic mass is 32.2. The fraction of sp³-hybridized carbons (Fsp3) is 0.636. The maximum Gasteiger partial charge on any atom is 0.114 e. The fourth-order valence-electron chi connectivity index (χ4n) is 1.19. The van der Waals surface area contributed by atoms with Gasteiger partial charge in [-0.15, -0.1) is 11.8 Å². The Morgan fingerprint density at radius 3 is 2.50 bits per heavy atom. The summed E-state index contributed by atoms with van der Waals surface area (Å²) in [6.07, 6.45) is 3.29. The van der Waals surface area contributed by atoms with Crippen LogP contribution in [0.2, 0.25) is 0 Å². The van der Waals surface area contributed by atoms with Gasteiger partial charge in [0.2, 0.25) is 0 Å². The maximum absolute atomic E-state index is 10.1.